The van der Waals surface area contributed by atoms with Crippen molar-refractivity contribution in [3.63, 3.8) is 0 Å². The summed E-state index contributed by atoms with van der Waals surface area (Å²) in [5.74, 6) is -1.88. The second-order valence-corrected chi connectivity index (χ2v) is 14.0. The van der Waals surface area contributed by atoms with Crippen molar-refractivity contribution in [1.82, 2.24) is 4.90 Å². The van der Waals surface area contributed by atoms with E-state index in [1.54, 1.807) is 4.90 Å². The molecule has 1 amide bonds. The molecular formula is C22H29N3O6S2. The van der Waals surface area contributed by atoms with Gasteiger partial charge in [-0.05, 0) is 36.0 Å². The summed E-state index contributed by atoms with van der Waals surface area (Å²) in [5, 5.41) is 0. The number of amides is 1. The van der Waals surface area contributed by atoms with Gasteiger partial charge in [-0.15, -0.1) is 0 Å². The number of sulfone groups is 1. The van der Waals surface area contributed by atoms with Crippen LogP contribution in [0, 0.1) is 17.3 Å². The van der Waals surface area contributed by atoms with Crippen molar-refractivity contribution < 1.29 is 26.4 Å². The van der Waals surface area contributed by atoms with Crippen LogP contribution in [0.25, 0.3) is 0 Å². The molecule has 0 bridgehead atoms. The molecule has 1 N–H and O–H groups in total. The highest BCUT2D eigenvalue weighted by Gasteiger charge is 2.54. The first-order valence-corrected chi connectivity index (χ1v) is 14.5. The maximum absolute atomic E-state index is 13.5. The Labute approximate surface area is 194 Å². The first-order chi connectivity index (χ1) is 15.2. The largest absolute Gasteiger partial charge is 0.331 e. The minimum absolute atomic E-state index is 0.0319. The van der Waals surface area contributed by atoms with Gasteiger partial charge in [0.2, 0.25) is 15.9 Å². The molecule has 33 heavy (non-hydrogen) atoms. The summed E-state index contributed by atoms with van der Waals surface area (Å²) in [5.41, 5.74) is -0.266. The SMILES string of the molecule is CC(C)(C)[C@H]1C(=O)C(C2=Nc3ccc(NS(C)(=O)=O)cc3S(=O)(=O)C2)C(=O)N1CCC1CC1. The van der Waals surface area contributed by atoms with Crippen molar-refractivity contribution in [2.75, 3.05) is 23.3 Å². The van der Waals surface area contributed by atoms with Gasteiger partial charge in [-0.1, -0.05) is 33.6 Å². The van der Waals surface area contributed by atoms with Gasteiger partial charge in [-0.2, -0.15) is 0 Å². The van der Waals surface area contributed by atoms with Crippen molar-refractivity contribution in [3.05, 3.63) is 18.2 Å². The zero-order chi connectivity index (χ0) is 24.3. The molecule has 1 saturated heterocycles. The second-order valence-electron chi connectivity index (χ2n) is 10.3. The smallest absolute Gasteiger partial charge is 0.239 e. The number of aliphatic imine (C=N–C) groups is 1. The number of fused-ring (bicyclic) bond motifs is 1. The van der Waals surface area contributed by atoms with E-state index in [0.29, 0.717) is 12.5 Å². The first-order valence-electron chi connectivity index (χ1n) is 10.9. The second kappa shape index (κ2) is 7.90. The molecular weight excluding hydrogens is 466 g/mol. The lowest BCUT2D eigenvalue weighted by atomic mass is 9.82. The number of anilines is 1. The molecule has 180 valence electrons. The van der Waals surface area contributed by atoms with Gasteiger partial charge in [-0.25, -0.2) is 16.8 Å². The van der Waals surface area contributed by atoms with Crippen LogP contribution in [0.1, 0.15) is 40.0 Å². The van der Waals surface area contributed by atoms with Gasteiger partial charge in [0, 0.05) is 12.2 Å². The van der Waals surface area contributed by atoms with Crippen LogP contribution in [0.2, 0.25) is 0 Å². The third kappa shape index (κ3) is 4.84. The van der Waals surface area contributed by atoms with Crippen LogP contribution in [-0.2, 0) is 29.4 Å². The van der Waals surface area contributed by atoms with E-state index >= 15 is 0 Å². The van der Waals surface area contributed by atoms with Crippen LogP contribution in [0.15, 0.2) is 28.1 Å². The zero-order valence-corrected chi connectivity index (χ0v) is 20.8. The van der Waals surface area contributed by atoms with Gasteiger partial charge in [0.15, 0.2) is 15.6 Å². The minimum atomic E-state index is -3.93. The average molecular weight is 496 g/mol. The number of Topliss-reactive ketones (excluding diaryl/α,β-unsaturated/α-hetero) is 1. The fourth-order valence-corrected chi connectivity index (χ4v) is 6.71. The number of ketones is 1. The molecule has 0 spiro atoms. The van der Waals surface area contributed by atoms with Crippen molar-refractivity contribution >= 4 is 48.6 Å². The molecule has 3 aliphatic rings. The molecule has 2 heterocycles. The number of likely N-dealkylation sites (tertiary alicyclic amines) is 1. The third-order valence-electron chi connectivity index (χ3n) is 6.22. The van der Waals surface area contributed by atoms with Gasteiger partial charge in [0.1, 0.15) is 5.92 Å². The molecule has 2 fully saturated rings. The van der Waals surface area contributed by atoms with E-state index in [-0.39, 0.29) is 33.7 Å². The molecule has 9 nitrogen and oxygen atoms in total. The summed E-state index contributed by atoms with van der Waals surface area (Å²) in [7, 11) is -7.52. The van der Waals surface area contributed by atoms with Crippen LogP contribution in [0.5, 0.6) is 0 Å². The quantitative estimate of drug-likeness (QED) is 0.602. The van der Waals surface area contributed by atoms with Crippen molar-refractivity contribution in [3.8, 4) is 0 Å². The van der Waals surface area contributed by atoms with Gasteiger partial charge in [-0.3, -0.25) is 19.3 Å². The highest BCUT2D eigenvalue weighted by Crippen LogP contribution is 2.40. The normalized spacial score (nSPS) is 25.1. The lowest BCUT2D eigenvalue weighted by molar-refractivity contribution is -0.131. The topological polar surface area (TPSA) is 130 Å². The van der Waals surface area contributed by atoms with Crippen LogP contribution in [0.4, 0.5) is 11.4 Å². The van der Waals surface area contributed by atoms with E-state index in [0.717, 1.165) is 25.5 Å². The molecule has 1 aromatic carbocycles. The summed E-state index contributed by atoms with van der Waals surface area (Å²) in [4.78, 5) is 32.7. The Morgan fingerprint density at radius 3 is 2.42 bits per heavy atom. The van der Waals surface area contributed by atoms with E-state index < -0.39 is 43.0 Å². The molecule has 11 heteroatoms. The number of nitrogens with one attached hydrogen (secondary N) is 1. The van der Waals surface area contributed by atoms with Crippen LogP contribution in [-0.4, -0.2) is 63.7 Å². The van der Waals surface area contributed by atoms with E-state index in [4.69, 9.17) is 0 Å². The lowest BCUT2D eigenvalue weighted by Crippen LogP contribution is -2.45. The highest BCUT2D eigenvalue weighted by atomic mass is 32.2. The Hall–Kier alpha value is -2.27. The van der Waals surface area contributed by atoms with Gasteiger partial charge >= 0.3 is 0 Å². The van der Waals surface area contributed by atoms with Gasteiger partial charge in [0.05, 0.1) is 34.3 Å². The Balaban J connectivity index is 1.71. The average Bonchev–Trinajstić information content (AvgIpc) is 3.43. The molecule has 1 unspecified atom stereocenters. The number of hydrogen-bond donors (Lipinski definition) is 1. The molecule has 0 radical (unpaired) electrons. The number of sulfonamides is 1. The van der Waals surface area contributed by atoms with Crippen molar-refractivity contribution in [1.29, 1.82) is 0 Å². The first kappa shape index (κ1) is 23.9. The monoisotopic (exact) mass is 495 g/mol. The number of hydrogen-bond acceptors (Lipinski definition) is 7. The summed E-state index contributed by atoms with van der Waals surface area (Å²) in [6, 6.07) is 3.36. The van der Waals surface area contributed by atoms with E-state index in [9.17, 15) is 26.4 Å². The predicted octanol–water partition coefficient (Wildman–Crippen LogP) is 2.16. The van der Waals surface area contributed by atoms with Crippen LogP contribution in [0.3, 0.4) is 0 Å². The zero-order valence-electron chi connectivity index (χ0n) is 19.2. The molecule has 4 rings (SSSR count). The summed E-state index contributed by atoms with van der Waals surface area (Å²) < 4.78 is 51.4. The predicted molar refractivity (Wildman–Crippen MR) is 125 cm³/mol. The Morgan fingerprint density at radius 2 is 1.85 bits per heavy atom. The third-order valence-corrected chi connectivity index (χ3v) is 8.50. The standard InChI is InChI=1S/C22H29N3O6S2/c1-22(2,3)20-19(26)18(21(27)25(20)10-9-13-5-6-13)16-12-33(30,31)17-11-14(24-32(4,28)29)7-8-15(17)23-16/h7-8,11,13,18,20,24H,5-6,9-10,12H2,1-4H3/t18?,20-/m1/s1. The number of carbonyl (C=O) groups excluding carboxylic acids is 2. The van der Waals surface area contributed by atoms with E-state index in [2.05, 4.69) is 9.71 Å². The van der Waals surface area contributed by atoms with Gasteiger partial charge < -0.3 is 4.90 Å². The summed E-state index contributed by atoms with van der Waals surface area (Å²) in [6.45, 7) is 6.19. The number of benzene rings is 1. The molecule has 0 aromatic heterocycles. The van der Waals surface area contributed by atoms with Gasteiger partial charge in [0.25, 0.3) is 0 Å². The number of rotatable bonds is 6. The van der Waals surface area contributed by atoms with Crippen molar-refractivity contribution in [2.45, 2.75) is 51.0 Å². The Kier molecular flexibility index (Phi) is 5.72. The molecule has 2 atom stereocenters. The maximum Gasteiger partial charge on any atom is 0.239 e. The minimum Gasteiger partial charge on any atom is -0.331 e. The molecule has 1 aromatic rings. The lowest BCUT2D eigenvalue weighted by Gasteiger charge is -2.33. The summed E-state index contributed by atoms with van der Waals surface area (Å²) >= 11 is 0. The van der Waals surface area contributed by atoms with Crippen LogP contribution >= 0.6 is 0 Å². The highest BCUT2D eigenvalue weighted by molar-refractivity contribution is 7.92. The molecule has 1 saturated carbocycles. The maximum atomic E-state index is 13.5. The number of nitrogens with zero attached hydrogens (tertiary/aromatic N) is 2. The Bertz CT molecular complexity index is 1260. The van der Waals surface area contributed by atoms with E-state index in [1.165, 1.54) is 18.2 Å². The summed E-state index contributed by atoms with van der Waals surface area (Å²) in [6.07, 6.45) is 4.08. The molecule has 1 aliphatic carbocycles. The fraction of sp³-hybridized carbons (Fsp3) is 0.591. The fourth-order valence-electron chi connectivity index (χ4n) is 4.64. The van der Waals surface area contributed by atoms with E-state index in [1.807, 2.05) is 20.8 Å². The Morgan fingerprint density at radius 1 is 1.18 bits per heavy atom. The van der Waals surface area contributed by atoms with Crippen molar-refractivity contribution in [2.24, 2.45) is 22.2 Å². The number of carbonyl (C=O) groups is 2. The van der Waals surface area contributed by atoms with Crippen LogP contribution < -0.4 is 4.72 Å². The molecule has 2 aliphatic heterocycles.